The Bertz CT molecular complexity index is 720. The lowest BCUT2D eigenvalue weighted by Crippen LogP contribution is -2.30. The summed E-state index contributed by atoms with van der Waals surface area (Å²) >= 11 is 0. The SMILES string of the molecule is CCCCCCCCCCCC(=O)Nc1ccc(N2C(=O)[C@H]3CCCC[C@@H]3C2=O)cc1. The average molecular weight is 427 g/mol. The first-order valence-corrected chi connectivity index (χ1v) is 12.4. The highest BCUT2D eigenvalue weighted by atomic mass is 16.2. The maximum Gasteiger partial charge on any atom is 0.237 e. The van der Waals surface area contributed by atoms with Crippen LogP contribution in [-0.2, 0) is 14.4 Å². The number of nitrogens with one attached hydrogen (secondary N) is 1. The quantitative estimate of drug-likeness (QED) is 0.318. The number of amides is 3. The van der Waals surface area contributed by atoms with Crippen molar-refractivity contribution in [3.63, 3.8) is 0 Å². The minimum absolute atomic E-state index is 0.0232. The molecule has 0 unspecified atom stereocenters. The lowest BCUT2D eigenvalue weighted by atomic mass is 9.81. The van der Waals surface area contributed by atoms with Crippen molar-refractivity contribution in [2.45, 2.75) is 96.8 Å². The van der Waals surface area contributed by atoms with E-state index in [-0.39, 0.29) is 29.6 Å². The molecule has 0 bridgehead atoms. The first-order chi connectivity index (χ1) is 15.1. The summed E-state index contributed by atoms with van der Waals surface area (Å²) < 4.78 is 0. The Morgan fingerprint density at radius 3 is 1.90 bits per heavy atom. The first-order valence-electron chi connectivity index (χ1n) is 12.4. The van der Waals surface area contributed by atoms with Crippen molar-refractivity contribution in [2.24, 2.45) is 11.8 Å². The molecular weight excluding hydrogens is 388 g/mol. The molecule has 170 valence electrons. The molecule has 3 rings (SSSR count). The molecule has 1 saturated heterocycles. The van der Waals surface area contributed by atoms with Crippen molar-refractivity contribution < 1.29 is 14.4 Å². The monoisotopic (exact) mass is 426 g/mol. The number of rotatable bonds is 12. The fourth-order valence-electron chi connectivity index (χ4n) is 4.93. The third kappa shape index (κ3) is 6.41. The van der Waals surface area contributed by atoms with Crippen molar-refractivity contribution in [1.29, 1.82) is 0 Å². The molecule has 1 aliphatic carbocycles. The molecule has 1 saturated carbocycles. The van der Waals surface area contributed by atoms with E-state index in [9.17, 15) is 14.4 Å². The van der Waals surface area contributed by atoms with Gasteiger partial charge in [0.1, 0.15) is 0 Å². The second kappa shape index (κ2) is 12.0. The maximum atomic E-state index is 12.7. The number of unbranched alkanes of at least 4 members (excludes halogenated alkanes) is 8. The Labute approximate surface area is 187 Å². The van der Waals surface area contributed by atoms with Crippen LogP contribution in [0, 0.1) is 11.8 Å². The number of carbonyl (C=O) groups excluding carboxylic acids is 3. The molecule has 31 heavy (non-hydrogen) atoms. The largest absolute Gasteiger partial charge is 0.326 e. The van der Waals surface area contributed by atoms with Crippen LogP contribution in [0.5, 0.6) is 0 Å². The van der Waals surface area contributed by atoms with Crippen LogP contribution in [0.25, 0.3) is 0 Å². The van der Waals surface area contributed by atoms with Crippen LogP contribution in [0.1, 0.15) is 96.8 Å². The van der Waals surface area contributed by atoms with Crippen LogP contribution in [-0.4, -0.2) is 17.7 Å². The van der Waals surface area contributed by atoms with Gasteiger partial charge < -0.3 is 5.32 Å². The molecule has 1 aromatic rings. The Kier molecular flexibility index (Phi) is 9.11. The van der Waals surface area contributed by atoms with E-state index in [1.54, 1.807) is 24.3 Å². The van der Waals surface area contributed by atoms with Gasteiger partial charge in [-0.15, -0.1) is 0 Å². The summed E-state index contributed by atoms with van der Waals surface area (Å²) in [4.78, 5) is 39.0. The van der Waals surface area contributed by atoms with Crippen LogP contribution < -0.4 is 10.2 Å². The van der Waals surface area contributed by atoms with Crippen molar-refractivity contribution in [3.8, 4) is 0 Å². The maximum absolute atomic E-state index is 12.7. The Hall–Kier alpha value is -2.17. The molecule has 2 aliphatic rings. The minimum atomic E-state index is -0.142. The number of imide groups is 1. The number of hydrogen-bond acceptors (Lipinski definition) is 3. The van der Waals surface area contributed by atoms with Crippen LogP contribution in [0.3, 0.4) is 0 Å². The number of hydrogen-bond donors (Lipinski definition) is 1. The van der Waals surface area contributed by atoms with E-state index in [1.165, 1.54) is 49.8 Å². The standard InChI is InChI=1S/C26H38N2O3/c1-2-3-4-5-6-7-8-9-10-15-24(29)27-20-16-18-21(19-17-20)28-25(30)22-13-11-12-14-23(22)26(28)31/h16-19,22-23H,2-15H2,1H3,(H,27,29)/t22-,23-/m0/s1. The molecule has 5 heteroatoms. The summed E-state index contributed by atoms with van der Waals surface area (Å²) in [6.07, 6.45) is 15.3. The van der Waals surface area contributed by atoms with Gasteiger partial charge in [0.25, 0.3) is 0 Å². The second-order valence-electron chi connectivity index (χ2n) is 9.18. The topological polar surface area (TPSA) is 66.5 Å². The van der Waals surface area contributed by atoms with Crippen molar-refractivity contribution in [2.75, 3.05) is 10.2 Å². The fraction of sp³-hybridized carbons (Fsp3) is 0.654. The Morgan fingerprint density at radius 1 is 0.839 bits per heavy atom. The van der Waals surface area contributed by atoms with Gasteiger partial charge in [-0.3, -0.25) is 19.3 Å². The van der Waals surface area contributed by atoms with E-state index in [0.29, 0.717) is 17.8 Å². The molecule has 0 aromatic heterocycles. The van der Waals surface area contributed by atoms with Gasteiger partial charge in [-0.05, 0) is 43.5 Å². The predicted molar refractivity (Wildman–Crippen MR) is 125 cm³/mol. The normalized spacial score (nSPS) is 20.7. The Balaban J connectivity index is 1.38. The number of benzene rings is 1. The van der Waals surface area contributed by atoms with Gasteiger partial charge in [0.15, 0.2) is 0 Å². The fourth-order valence-corrected chi connectivity index (χ4v) is 4.93. The molecule has 1 aromatic carbocycles. The number of carbonyl (C=O) groups is 3. The molecular formula is C26H38N2O3. The predicted octanol–water partition coefficient (Wildman–Crippen LogP) is 6.23. The molecule has 0 radical (unpaired) electrons. The van der Waals surface area contributed by atoms with E-state index in [0.717, 1.165) is 38.5 Å². The van der Waals surface area contributed by atoms with Gasteiger partial charge in [-0.25, -0.2) is 0 Å². The van der Waals surface area contributed by atoms with Crippen molar-refractivity contribution in [3.05, 3.63) is 24.3 Å². The van der Waals surface area contributed by atoms with Gasteiger partial charge in [0.2, 0.25) is 17.7 Å². The van der Waals surface area contributed by atoms with Crippen LogP contribution in [0.4, 0.5) is 11.4 Å². The average Bonchev–Trinajstić information content (AvgIpc) is 3.04. The van der Waals surface area contributed by atoms with Gasteiger partial charge in [0.05, 0.1) is 17.5 Å². The summed E-state index contributed by atoms with van der Waals surface area (Å²) in [7, 11) is 0. The second-order valence-corrected chi connectivity index (χ2v) is 9.18. The Morgan fingerprint density at radius 2 is 1.35 bits per heavy atom. The molecule has 1 heterocycles. The zero-order chi connectivity index (χ0) is 22.1. The van der Waals surface area contributed by atoms with E-state index in [2.05, 4.69) is 12.2 Å². The minimum Gasteiger partial charge on any atom is -0.326 e. The summed E-state index contributed by atoms with van der Waals surface area (Å²) in [6, 6.07) is 7.10. The van der Waals surface area contributed by atoms with Gasteiger partial charge >= 0.3 is 0 Å². The molecule has 3 amide bonds. The molecule has 1 aliphatic heterocycles. The zero-order valence-corrected chi connectivity index (χ0v) is 19.0. The summed E-state index contributed by atoms with van der Waals surface area (Å²) in [5, 5.41) is 2.93. The molecule has 1 N–H and O–H groups in total. The third-order valence-electron chi connectivity index (χ3n) is 6.76. The van der Waals surface area contributed by atoms with Crippen LogP contribution >= 0.6 is 0 Å². The smallest absolute Gasteiger partial charge is 0.237 e. The summed E-state index contributed by atoms with van der Waals surface area (Å²) in [5.41, 5.74) is 1.32. The third-order valence-corrected chi connectivity index (χ3v) is 6.76. The first kappa shape index (κ1) is 23.5. The molecule has 2 fully saturated rings. The van der Waals surface area contributed by atoms with E-state index < -0.39 is 0 Å². The van der Waals surface area contributed by atoms with E-state index in [1.807, 2.05) is 0 Å². The van der Waals surface area contributed by atoms with Gasteiger partial charge in [-0.1, -0.05) is 71.1 Å². The zero-order valence-electron chi connectivity index (χ0n) is 19.0. The van der Waals surface area contributed by atoms with Crippen LogP contribution in [0.15, 0.2) is 24.3 Å². The van der Waals surface area contributed by atoms with Gasteiger partial charge in [0, 0.05) is 12.1 Å². The van der Waals surface area contributed by atoms with E-state index >= 15 is 0 Å². The summed E-state index contributed by atoms with van der Waals surface area (Å²) in [6.45, 7) is 2.24. The lowest BCUT2D eigenvalue weighted by Gasteiger charge is -2.19. The highest BCUT2D eigenvalue weighted by Crippen LogP contribution is 2.40. The number of fused-ring (bicyclic) bond motifs is 1. The molecule has 5 nitrogen and oxygen atoms in total. The van der Waals surface area contributed by atoms with E-state index in [4.69, 9.17) is 0 Å². The van der Waals surface area contributed by atoms with Crippen molar-refractivity contribution >= 4 is 29.1 Å². The summed E-state index contributed by atoms with van der Waals surface area (Å²) in [5.74, 6) is -0.377. The number of anilines is 2. The lowest BCUT2D eigenvalue weighted by molar-refractivity contribution is -0.122. The van der Waals surface area contributed by atoms with Gasteiger partial charge in [-0.2, -0.15) is 0 Å². The number of nitrogens with zero attached hydrogens (tertiary/aromatic N) is 1. The van der Waals surface area contributed by atoms with Crippen LogP contribution in [0.2, 0.25) is 0 Å². The van der Waals surface area contributed by atoms with Crippen molar-refractivity contribution in [1.82, 2.24) is 0 Å². The highest BCUT2D eigenvalue weighted by molar-refractivity contribution is 6.22. The highest BCUT2D eigenvalue weighted by Gasteiger charge is 2.48. The molecule has 0 spiro atoms. The molecule has 2 atom stereocenters.